The molecule has 0 aromatic heterocycles. The Balaban J connectivity index is 1.79. The van der Waals surface area contributed by atoms with Crippen LogP contribution in [0.3, 0.4) is 0 Å². The topological polar surface area (TPSA) is 48.1 Å². The van der Waals surface area contributed by atoms with Crippen molar-refractivity contribution in [3.05, 3.63) is 12.4 Å². The molecule has 0 amide bonds. The third-order valence-electron chi connectivity index (χ3n) is 3.86. The average molecular weight is 238 g/mol. The molecule has 2 fully saturated rings. The zero-order chi connectivity index (χ0) is 12.3. The number of hydrogen-bond acceptors (Lipinski definition) is 4. The summed E-state index contributed by atoms with van der Waals surface area (Å²) in [5.74, 6) is 1.82. The fourth-order valence-electron chi connectivity index (χ4n) is 2.68. The smallest absolute Gasteiger partial charge is 0.135 e. The van der Waals surface area contributed by atoms with Crippen LogP contribution in [0.4, 0.5) is 0 Å². The summed E-state index contributed by atoms with van der Waals surface area (Å²) in [5, 5.41) is 13.7. The van der Waals surface area contributed by atoms with Crippen molar-refractivity contribution >= 4 is 0 Å². The normalized spacial score (nSPS) is 38.4. The van der Waals surface area contributed by atoms with Crippen molar-refractivity contribution in [2.75, 3.05) is 0 Å². The van der Waals surface area contributed by atoms with Gasteiger partial charge in [-0.2, -0.15) is 0 Å². The summed E-state index contributed by atoms with van der Waals surface area (Å²) in [7, 11) is 0. The first-order valence-electron chi connectivity index (χ1n) is 6.91. The molecule has 0 bridgehead atoms. The lowest BCUT2D eigenvalue weighted by Crippen LogP contribution is -2.66. The number of rotatable bonds is 3. The second-order valence-electron chi connectivity index (χ2n) is 5.45. The lowest BCUT2D eigenvalue weighted by molar-refractivity contribution is 0.209. The van der Waals surface area contributed by atoms with Gasteiger partial charge in [-0.15, -0.1) is 0 Å². The quantitative estimate of drug-likeness (QED) is 0.601. The standard InChI is InChI=1S/C13H26N4/c1-4-12-14-10(3)15-13(17-12)16-11-7-5-9(2)6-8-11/h9,11-17H,3-8H2,1-2H3. The zero-order valence-corrected chi connectivity index (χ0v) is 11.1. The third kappa shape index (κ3) is 3.61. The van der Waals surface area contributed by atoms with E-state index >= 15 is 0 Å². The fourth-order valence-corrected chi connectivity index (χ4v) is 2.68. The maximum absolute atomic E-state index is 3.97. The second kappa shape index (κ2) is 5.74. The first kappa shape index (κ1) is 12.7. The highest BCUT2D eigenvalue weighted by molar-refractivity contribution is 4.97. The predicted octanol–water partition coefficient (Wildman–Crippen LogP) is 1.43. The summed E-state index contributed by atoms with van der Waals surface area (Å²) in [4.78, 5) is 0. The molecule has 1 saturated heterocycles. The summed E-state index contributed by atoms with van der Waals surface area (Å²) >= 11 is 0. The largest absolute Gasteiger partial charge is 0.357 e. The molecule has 1 aliphatic carbocycles. The highest BCUT2D eigenvalue weighted by Crippen LogP contribution is 2.23. The molecule has 0 radical (unpaired) electrons. The molecule has 1 aliphatic heterocycles. The van der Waals surface area contributed by atoms with Crippen molar-refractivity contribution in [1.82, 2.24) is 21.3 Å². The van der Waals surface area contributed by atoms with Gasteiger partial charge in [-0.1, -0.05) is 20.4 Å². The van der Waals surface area contributed by atoms with E-state index in [0.717, 1.165) is 18.2 Å². The van der Waals surface area contributed by atoms with Crippen molar-refractivity contribution in [2.45, 2.75) is 64.4 Å². The second-order valence-corrected chi connectivity index (χ2v) is 5.45. The molecule has 0 aromatic rings. The molecule has 17 heavy (non-hydrogen) atoms. The number of nitrogens with one attached hydrogen (secondary N) is 4. The van der Waals surface area contributed by atoms with Crippen LogP contribution in [0.15, 0.2) is 12.4 Å². The van der Waals surface area contributed by atoms with Gasteiger partial charge in [-0.25, -0.2) is 0 Å². The van der Waals surface area contributed by atoms with Crippen LogP contribution in [0.25, 0.3) is 0 Å². The van der Waals surface area contributed by atoms with Crippen LogP contribution < -0.4 is 21.3 Å². The lowest BCUT2D eigenvalue weighted by Gasteiger charge is -2.38. The SMILES string of the molecule is C=C1NC(CC)NC(NC2CCC(C)CC2)N1. The molecule has 1 heterocycles. The molecule has 0 aromatic carbocycles. The van der Waals surface area contributed by atoms with Gasteiger partial charge in [0, 0.05) is 6.04 Å². The van der Waals surface area contributed by atoms with Gasteiger partial charge in [0.05, 0.1) is 12.0 Å². The third-order valence-corrected chi connectivity index (χ3v) is 3.86. The van der Waals surface area contributed by atoms with Crippen LogP contribution >= 0.6 is 0 Å². The Kier molecular flexibility index (Phi) is 4.29. The van der Waals surface area contributed by atoms with E-state index < -0.39 is 0 Å². The van der Waals surface area contributed by atoms with E-state index in [9.17, 15) is 0 Å². The van der Waals surface area contributed by atoms with E-state index in [1.165, 1.54) is 25.7 Å². The molecule has 98 valence electrons. The van der Waals surface area contributed by atoms with Crippen LogP contribution in [0.1, 0.15) is 46.0 Å². The summed E-state index contributed by atoms with van der Waals surface area (Å²) in [6.07, 6.45) is 6.81. The Morgan fingerprint density at radius 1 is 1.24 bits per heavy atom. The minimum absolute atomic E-state index is 0.159. The minimum atomic E-state index is 0.159. The molecule has 4 nitrogen and oxygen atoms in total. The summed E-state index contributed by atoms with van der Waals surface area (Å²) < 4.78 is 0. The highest BCUT2D eigenvalue weighted by Gasteiger charge is 2.24. The Morgan fingerprint density at radius 3 is 2.59 bits per heavy atom. The maximum atomic E-state index is 3.97. The molecule has 1 saturated carbocycles. The molecule has 2 atom stereocenters. The number of hydrogen-bond donors (Lipinski definition) is 4. The molecular formula is C13H26N4. The van der Waals surface area contributed by atoms with Crippen LogP contribution in [-0.4, -0.2) is 18.5 Å². The first-order chi connectivity index (χ1) is 8.17. The molecule has 4 N–H and O–H groups in total. The van der Waals surface area contributed by atoms with Crippen molar-refractivity contribution in [1.29, 1.82) is 0 Å². The first-order valence-corrected chi connectivity index (χ1v) is 6.91. The van der Waals surface area contributed by atoms with Gasteiger partial charge in [0.15, 0.2) is 0 Å². The van der Waals surface area contributed by atoms with Crippen molar-refractivity contribution in [2.24, 2.45) is 5.92 Å². The molecule has 0 spiro atoms. The zero-order valence-electron chi connectivity index (χ0n) is 11.1. The maximum Gasteiger partial charge on any atom is 0.135 e. The van der Waals surface area contributed by atoms with Gasteiger partial charge >= 0.3 is 0 Å². The van der Waals surface area contributed by atoms with Crippen LogP contribution in [0.5, 0.6) is 0 Å². The lowest BCUT2D eigenvalue weighted by atomic mass is 9.87. The fraction of sp³-hybridized carbons (Fsp3) is 0.846. The average Bonchev–Trinajstić information content (AvgIpc) is 2.31. The van der Waals surface area contributed by atoms with Gasteiger partial charge in [0.2, 0.25) is 0 Å². The van der Waals surface area contributed by atoms with E-state index in [4.69, 9.17) is 0 Å². The molecule has 4 heteroatoms. The summed E-state index contributed by atoms with van der Waals surface area (Å²) in [6.45, 7) is 8.49. The van der Waals surface area contributed by atoms with Crippen LogP contribution in [-0.2, 0) is 0 Å². The Labute approximate surface area is 105 Å². The van der Waals surface area contributed by atoms with Crippen molar-refractivity contribution in [3.63, 3.8) is 0 Å². The molecule has 2 rings (SSSR count). The van der Waals surface area contributed by atoms with Gasteiger partial charge in [-0.3, -0.25) is 10.6 Å². The Bertz CT molecular complexity index is 258. The van der Waals surface area contributed by atoms with E-state index in [-0.39, 0.29) is 6.29 Å². The van der Waals surface area contributed by atoms with Crippen LogP contribution in [0.2, 0.25) is 0 Å². The molecule has 2 aliphatic rings. The molecule has 2 unspecified atom stereocenters. The molecular weight excluding hydrogens is 212 g/mol. The van der Waals surface area contributed by atoms with E-state index in [2.05, 4.69) is 41.7 Å². The highest BCUT2D eigenvalue weighted by atomic mass is 15.4. The van der Waals surface area contributed by atoms with E-state index in [1.807, 2.05) is 0 Å². The Hall–Kier alpha value is -0.740. The van der Waals surface area contributed by atoms with Crippen molar-refractivity contribution < 1.29 is 0 Å². The monoisotopic (exact) mass is 238 g/mol. The Morgan fingerprint density at radius 2 is 1.94 bits per heavy atom. The predicted molar refractivity (Wildman–Crippen MR) is 71.0 cm³/mol. The van der Waals surface area contributed by atoms with Gasteiger partial charge < -0.3 is 10.6 Å². The van der Waals surface area contributed by atoms with Crippen molar-refractivity contribution in [3.8, 4) is 0 Å². The summed E-state index contributed by atoms with van der Waals surface area (Å²) in [5.41, 5.74) is 0. The van der Waals surface area contributed by atoms with Crippen LogP contribution in [0, 0.1) is 5.92 Å². The van der Waals surface area contributed by atoms with Gasteiger partial charge in [-0.05, 0) is 38.0 Å². The van der Waals surface area contributed by atoms with Gasteiger partial charge in [0.25, 0.3) is 0 Å². The van der Waals surface area contributed by atoms with E-state index in [0.29, 0.717) is 12.2 Å². The summed E-state index contributed by atoms with van der Waals surface area (Å²) in [6, 6.07) is 0.639. The minimum Gasteiger partial charge on any atom is -0.357 e. The van der Waals surface area contributed by atoms with Gasteiger partial charge in [0.1, 0.15) is 6.29 Å². The van der Waals surface area contributed by atoms with E-state index in [1.54, 1.807) is 0 Å².